The third-order valence-electron chi connectivity index (χ3n) is 2.66. The van der Waals surface area contributed by atoms with Gasteiger partial charge in [0.15, 0.2) is 0 Å². The molecule has 0 fully saturated rings. The van der Waals surface area contributed by atoms with Crippen LogP contribution in [0.15, 0.2) is 39.0 Å². The summed E-state index contributed by atoms with van der Waals surface area (Å²) in [6.45, 7) is 2.09. The van der Waals surface area contributed by atoms with E-state index >= 15 is 0 Å². The van der Waals surface area contributed by atoms with Gasteiger partial charge in [0.1, 0.15) is 0 Å². The highest BCUT2D eigenvalue weighted by Crippen LogP contribution is 2.35. The van der Waals surface area contributed by atoms with Crippen LogP contribution in [0.1, 0.15) is 22.0 Å². The molecule has 2 rings (SSSR count). The van der Waals surface area contributed by atoms with E-state index < -0.39 is 0 Å². The van der Waals surface area contributed by atoms with E-state index in [1.165, 1.54) is 24.7 Å². The summed E-state index contributed by atoms with van der Waals surface area (Å²) in [6.07, 6.45) is 2.08. The molecule has 1 nitrogen and oxygen atoms in total. The Morgan fingerprint density at radius 2 is 2.06 bits per heavy atom. The molecule has 0 amide bonds. The van der Waals surface area contributed by atoms with Crippen LogP contribution in [0, 0.1) is 6.92 Å². The maximum Gasteiger partial charge on any atom is 0.0731 e. The Bertz CT molecular complexity index is 502. The smallest absolute Gasteiger partial charge is 0.0731 e. The third-order valence-corrected chi connectivity index (χ3v) is 5.69. The Morgan fingerprint density at radius 3 is 2.65 bits per heavy atom. The van der Waals surface area contributed by atoms with Crippen LogP contribution in [0.2, 0.25) is 0 Å². The molecule has 0 saturated carbocycles. The van der Waals surface area contributed by atoms with Crippen molar-refractivity contribution in [1.82, 2.24) is 0 Å². The minimum Gasteiger partial charge on any atom is -0.320 e. The Balaban J connectivity index is 2.39. The molecule has 0 bridgehead atoms. The van der Waals surface area contributed by atoms with E-state index in [2.05, 4.69) is 53.4 Å². The van der Waals surface area contributed by atoms with E-state index in [9.17, 15) is 0 Å². The van der Waals surface area contributed by atoms with Gasteiger partial charge in [0.2, 0.25) is 0 Å². The molecule has 0 saturated heterocycles. The summed E-state index contributed by atoms with van der Waals surface area (Å²) in [4.78, 5) is 2.46. The van der Waals surface area contributed by atoms with Crippen molar-refractivity contribution in [2.75, 3.05) is 6.26 Å². The fraction of sp³-hybridized carbons (Fsp3) is 0.231. The van der Waals surface area contributed by atoms with Crippen LogP contribution in [-0.2, 0) is 0 Å². The SMILES string of the molecule is CSc1ccccc1C(N)c1cc(C)c(Br)s1. The van der Waals surface area contributed by atoms with Crippen molar-refractivity contribution in [3.8, 4) is 0 Å². The molecule has 2 aromatic rings. The van der Waals surface area contributed by atoms with Crippen LogP contribution in [0.4, 0.5) is 0 Å². The van der Waals surface area contributed by atoms with Gasteiger partial charge in [-0.05, 0) is 52.4 Å². The number of rotatable bonds is 3. The molecule has 1 aromatic heterocycles. The first-order valence-electron chi connectivity index (χ1n) is 5.27. The number of hydrogen-bond donors (Lipinski definition) is 1. The van der Waals surface area contributed by atoms with Gasteiger partial charge in [-0.15, -0.1) is 23.1 Å². The van der Waals surface area contributed by atoms with Gasteiger partial charge in [-0.2, -0.15) is 0 Å². The van der Waals surface area contributed by atoms with Crippen molar-refractivity contribution in [1.29, 1.82) is 0 Å². The number of thiophene rings is 1. The largest absolute Gasteiger partial charge is 0.320 e. The molecule has 17 heavy (non-hydrogen) atoms. The summed E-state index contributed by atoms with van der Waals surface area (Å²) in [5, 5.41) is 0. The predicted molar refractivity (Wildman–Crippen MR) is 81.0 cm³/mol. The van der Waals surface area contributed by atoms with Crippen molar-refractivity contribution in [3.63, 3.8) is 0 Å². The van der Waals surface area contributed by atoms with Gasteiger partial charge in [0.25, 0.3) is 0 Å². The average Bonchev–Trinajstić information content (AvgIpc) is 2.68. The van der Waals surface area contributed by atoms with E-state index in [1.54, 1.807) is 23.1 Å². The van der Waals surface area contributed by atoms with Crippen LogP contribution < -0.4 is 5.73 Å². The fourth-order valence-corrected chi connectivity index (χ4v) is 3.95. The molecular weight excluding hydrogens is 314 g/mol. The summed E-state index contributed by atoms with van der Waals surface area (Å²) in [5.74, 6) is 0. The number of thioether (sulfide) groups is 1. The molecule has 1 unspecified atom stereocenters. The normalized spacial score (nSPS) is 12.7. The summed E-state index contributed by atoms with van der Waals surface area (Å²) >= 11 is 7.01. The maximum absolute atomic E-state index is 6.35. The van der Waals surface area contributed by atoms with E-state index in [1.807, 2.05) is 6.07 Å². The predicted octanol–water partition coefficient (Wildman–Crippen LogP) is 4.59. The molecule has 0 aliphatic rings. The van der Waals surface area contributed by atoms with Crippen LogP contribution >= 0.6 is 39.0 Å². The molecule has 2 N–H and O–H groups in total. The first-order chi connectivity index (χ1) is 8.13. The van der Waals surface area contributed by atoms with Gasteiger partial charge >= 0.3 is 0 Å². The highest BCUT2D eigenvalue weighted by molar-refractivity contribution is 9.11. The molecule has 0 aliphatic heterocycles. The zero-order chi connectivity index (χ0) is 12.4. The van der Waals surface area contributed by atoms with Crippen LogP contribution in [0.3, 0.4) is 0 Å². The van der Waals surface area contributed by atoms with Crippen molar-refractivity contribution < 1.29 is 0 Å². The van der Waals surface area contributed by atoms with Crippen molar-refractivity contribution in [2.24, 2.45) is 5.73 Å². The monoisotopic (exact) mass is 327 g/mol. The van der Waals surface area contributed by atoms with Crippen molar-refractivity contribution >= 4 is 39.0 Å². The van der Waals surface area contributed by atoms with E-state index in [-0.39, 0.29) is 6.04 Å². The van der Waals surface area contributed by atoms with Gasteiger partial charge < -0.3 is 5.73 Å². The Hall–Kier alpha value is -0.290. The highest BCUT2D eigenvalue weighted by Gasteiger charge is 2.15. The fourth-order valence-electron chi connectivity index (χ4n) is 1.71. The molecule has 1 atom stereocenters. The molecule has 0 aliphatic carbocycles. The molecule has 4 heteroatoms. The lowest BCUT2D eigenvalue weighted by Gasteiger charge is -2.13. The van der Waals surface area contributed by atoms with Gasteiger partial charge in [0, 0.05) is 9.77 Å². The lowest BCUT2D eigenvalue weighted by molar-refractivity contribution is 0.867. The van der Waals surface area contributed by atoms with Gasteiger partial charge in [-0.1, -0.05) is 18.2 Å². The Morgan fingerprint density at radius 1 is 1.35 bits per heavy atom. The van der Waals surface area contributed by atoms with Crippen LogP contribution in [0.25, 0.3) is 0 Å². The van der Waals surface area contributed by atoms with Crippen LogP contribution in [0.5, 0.6) is 0 Å². The number of hydrogen-bond acceptors (Lipinski definition) is 3. The second kappa shape index (κ2) is 5.57. The zero-order valence-electron chi connectivity index (χ0n) is 9.74. The molecule has 0 spiro atoms. The first kappa shape index (κ1) is 13.1. The second-order valence-corrected chi connectivity index (χ2v) is 7.07. The summed E-state index contributed by atoms with van der Waals surface area (Å²) in [7, 11) is 0. The lowest BCUT2D eigenvalue weighted by Crippen LogP contribution is -2.11. The average molecular weight is 328 g/mol. The van der Waals surface area contributed by atoms with E-state index in [4.69, 9.17) is 5.73 Å². The maximum atomic E-state index is 6.35. The van der Waals surface area contributed by atoms with E-state index in [0.29, 0.717) is 0 Å². The topological polar surface area (TPSA) is 26.0 Å². The van der Waals surface area contributed by atoms with Gasteiger partial charge in [-0.25, -0.2) is 0 Å². The Kier molecular flexibility index (Phi) is 4.31. The summed E-state index contributed by atoms with van der Waals surface area (Å²) in [6, 6.07) is 10.5. The third kappa shape index (κ3) is 2.76. The molecule has 1 heterocycles. The first-order valence-corrected chi connectivity index (χ1v) is 8.11. The zero-order valence-corrected chi connectivity index (χ0v) is 13.0. The summed E-state index contributed by atoms with van der Waals surface area (Å²) < 4.78 is 1.17. The second-order valence-electron chi connectivity index (χ2n) is 3.83. The minimum absolute atomic E-state index is 0.0337. The molecule has 90 valence electrons. The number of benzene rings is 1. The highest BCUT2D eigenvalue weighted by atomic mass is 79.9. The van der Waals surface area contributed by atoms with Gasteiger partial charge in [0.05, 0.1) is 9.83 Å². The van der Waals surface area contributed by atoms with Crippen LogP contribution in [-0.4, -0.2) is 6.26 Å². The number of nitrogens with two attached hydrogens (primary N) is 1. The quantitative estimate of drug-likeness (QED) is 0.834. The van der Waals surface area contributed by atoms with Gasteiger partial charge in [-0.3, -0.25) is 0 Å². The van der Waals surface area contributed by atoms with Crippen molar-refractivity contribution in [3.05, 3.63) is 50.1 Å². The Labute approximate surface area is 119 Å². The lowest BCUT2D eigenvalue weighted by atomic mass is 10.1. The van der Waals surface area contributed by atoms with E-state index in [0.717, 1.165) is 0 Å². The number of aryl methyl sites for hydroxylation is 1. The molecule has 0 radical (unpaired) electrons. The van der Waals surface area contributed by atoms with Crippen molar-refractivity contribution in [2.45, 2.75) is 17.9 Å². The molecular formula is C13H14BrNS2. The minimum atomic E-state index is -0.0337. The standard InChI is InChI=1S/C13H14BrNS2/c1-8-7-11(17-13(8)14)12(15)9-5-3-4-6-10(9)16-2/h3-7,12H,15H2,1-2H3. The number of halogens is 1. The molecule has 1 aromatic carbocycles. The summed E-state index contributed by atoms with van der Waals surface area (Å²) in [5.41, 5.74) is 8.81.